The first-order valence-corrected chi connectivity index (χ1v) is 3.19. The Labute approximate surface area is 60.0 Å². The number of carboxylic acid groups (broad SMARTS) is 1. The van der Waals surface area contributed by atoms with Gasteiger partial charge in [-0.3, -0.25) is 4.79 Å². The lowest BCUT2D eigenvalue weighted by atomic mass is 10.2. The van der Waals surface area contributed by atoms with Crippen molar-refractivity contribution in [2.75, 3.05) is 0 Å². The number of hydrogen-bond acceptors (Lipinski definition) is 2. The molecule has 0 bridgehead atoms. The second-order valence-corrected chi connectivity index (χ2v) is 2.51. The van der Waals surface area contributed by atoms with Gasteiger partial charge in [-0.05, 0) is 6.42 Å². The third-order valence-corrected chi connectivity index (χ3v) is 1.24. The molecular weight excluding hydrogens is 136 g/mol. The van der Waals surface area contributed by atoms with E-state index in [2.05, 4.69) is 19.2 Å². The van der Waals surface area contributed by atoms with Crippen molar-refractivity contribution in [2.45, 2.75) is 18.1 Å². The number of rotatable bonds is 4. The standard InChI is InChI=1S/C6H10O2S/c1-2-3-5(9)4-6(7)8/h2,5,9H,1,3-4H2,(H,7,8). The van der Waals surface area contributed by atoms with Crippen LogP contribution in [0.25, 0.3) is 0 Å². The molecule has 0 aliphatic heterocycles. The zero-order chi connectivity index (χ0) is 7.28. The van der Waals surface area contributed by atoms with Crippen molar-refractivity contribution in [3.8, 4) is 0 Å². The summed E-state index contributed by atoms with van der Waals surface area (Å²) >= 11 is 4.00. The van der Waals surface area contributed by atoms with E-state index in [1.165, 1.54) is 0 Å². The third kappa shape index (κ3) is 5.43. The van der Waals surface area contributed by atoms with Gasteiger partial charge in [0.1, 0.15) is 0 Å². The average molecular weight is 146 g/mol. The first kappa shape index (κ1) is 8.56. The minimum absolute atomic E-state index is 0.0833. The predicted octanol–water partition coefficient (Wildman–Crippen LogP) is 1.34. The van der Waals surface area contributed by atoms with Crippen LogP contribution in [-0.4, -0.2) is 16.3 Å². The Kier molecular flexibility index (Phi) is 4.22. The van der Waals surface area contributed by atoms with E-state index >= 15 is 0 Å². The maximum absolute atomic E-state index is 10.0. The molecule has 0 aliphatic carbocycles. The van der Waals surface area contributed by atoms with Gasteiger partial charge in [-0.1, -0.05) is 6.08 Å². The van der Waals surface area contributed by atoms with Crippen molar-refractivity contribution in [3.63, 3.8) is 0 Å². The Morgan fingerprint density at radius 1 is 1.89 bits per heavy atom. The summed E-state index contributed by atoms with van der Waals surface area (Å²) in [5.74, 6) is -0.808. The van der Waals surface area contributed by atoms with Crippen molar-refractivity contribution < 1.29 is 9.90 Å². The van der Waals surface area contributed by atoms with Crippen molar-refractivity contribution in [3.05, 3.63) is 12.7 Å². The van der Waals surface area contributed by atoms with Crippen LogP contribution in [0.3, 0.4) is 0 Å². The molecule has 0 aromatic carbocycles. The van der Waals surface area contributed by atoms with Gasteiger partial charge in [0.2, 0.25) is 0 Å². The number of carboxylic acids is 1. The van der Waals surface area contributed by atoms with Gasteiger partial charge in [-0.2, -0.15) is 12.6 Å². The molecule has 3 heteroatoms. The molecule has 52 valence electrons. The monoisotopic (exact) mass is 146 g/mol. The zero-order valence-corrected chi connectivity index (χ0v) is 5.97. The fourth-order valence-corrected chi connectivity index (χ4v) is 0.783. The van der Waals surface area contributed by atoms with Gasteiger partial charge in [0.05, 0.1) is 6.42 Å². The molecule has 0 aromatic heterocycles. The lowest BCUT2D eigenvalue weighted by Crippen LogP contribution is -2.05. The number of carbonyl (C=O) groups is 1. The van der Waals surface area contributed by atoms with Gasteiger partial charge >= 0.3 is 5.97 Å². The molecule has 0 aliphatic rings. The quantitative estimate of drug-likeness (QED) is 0.464. The highest BCUT2D eigenvalue weighted by Gasteiger charge is 2.04. The highest BCUT2D eigenvalue weighted by molar-refractivity contribution is 7.81. The number of allylic oxidation sites excluding steroid dienone is 1. The van der Waals surface area contributed by atoms with Crippen molar-refractivity contribution in [2.24, 2.45) is 0 Å². The maximum atomic E-state index is 10.0. The van der Waals surface area contributed by atoms with Gasteiger partial charge in [-0.15, -0.1) is 6.58 Å². The minimum atomic E-state index is -0.808. The lowest BCUT2D eigenvalue weighted by molar-refractivity contribution is -0.136. The fourth-order valence-electron chi connectivity index (χ4n) is 0.477. The summed E-state index contributed by atoms with van der Waals surface area (Å²) in [6.45, 7) is 3.47. The highest BCUT2D eigenvalue weighted by atomic mass is 32.1. The molecule has 0 spiro atoms. The van der Waals surface area contributed by atoms with Crippen LogP contribution in [0.1, 0.15) is 12.8 Å². The molecule has 0 fully saturated rings. The minimum Gasteiger partial charge on any atom is -0.481 e. The Morgan fingerprint density at radius 3 is 2.78 bits per heavy atom. The Bertz CT molecular complexity index is 112. The Balaban J connectivity index is 3.37. The maximum Gasteiger partial charge on any atom is 0.304 e. The van der Waals surface area contributed by atoms with Crippen molar-refractivity contribution in [1.82, 2.24) is 0 Å². The number of thiol groups is 1. The summed E-state index contributed by atoms with van der Waals surface area (Å²) in [7, 11) is 0. The van der Waals surface area contributed by atoms with E-state index in [-0.39, 0.29) is 11.7 Å². The first-order valence-electron chi connectivity index (χ1n) is 2.67. The van der Waals surface area contributed by atoms with E-state index in [1.54, 1.807) is 6.08 Å². The summed E-state index contributed by atoms with van der Waals surface area (Å²) in [5.41, 5.74) is 0. The van der Waals surface area contributed by atoms with Crippen LogP contribution in [-0.2, 0) is 4.79 Å². The summed E-state index contributed by atoms with van der Waals surface area (Å²) in [4.78, 5) is 10.0. The Hall–Kier alpha value is -0.440. The number of hydrogen-bond donors (Lipinski definition) is 2. The highest BCUT2D eigenvalue weighted by Crippen LogP contribution is 2.05. The zero-order valence-electron chi connectivity index (χ0n) is 5.08. The largest absolute Gasteiger partial charge is 0.481 e. The van der Waals surface area contributed by atoms with E-state index in [0.717, 1.165) is 0 Å². The van der Waals surface area contributed by atoms with E-state index in [1.807, 2.05) is 0 Å². The van der Waals surface area contributed by atoms with Gasteiger partial charge in [0, 0.05) is 5.25 Å². The molecule has 2 nitrogen and oxygen atoms in total. The van der Waals surface area contributed by atoms with Crippen LogP contribution in [0.4, 0.5) is 0 Å². The van der Waals surface area contributed by atoms with E-state index in [0.29, 0.717) is 6.42 Å². The fraction of sp³-hybridized carbons (Fsp3) is 0.500. The summed E-state index contributed by atoms with van der Waals surface area (Å²) in [6.07, 6.45) is 2.42. The second-order valence-electron chi connectivity index (χ2n) is 1.78. The molecule has 0 amide bonds. The molecule has 0 aromatic rings. The van der Waals surface area contributed by atoms with Gasteiger partial charge < -0.3 is 5.11 Å². The van der Waals surface area contributed by atoms with Crippen LogP contribution in [0.5, 0.6) is 0 Å². The average Bonchev–Trinajstić information content (AvgIpc) is 1.63. The van der Waals surface area contributed by atoms with Crippen LogP contribution >= 0.6 is 12.6 Å². The van der Waals surface area contributed by atoms with Crippen LogP contribution in [0, 0.1) is 0 Å². The van der Waals surface area contributed by atoms with Crippen LogP contribution in [0.15, 0.2) is 12.7 Å². The molecule has 0 saturated carbocycles. The summed E-state index contributed by atoms with van der Waals surface area (Å²) in [5, 5.41) is 8.14. The van der Waals surface area contributed by atoms with Crippen molar-refractivity contribution >= 4 is 18.6 Å². The molecule has 9 heavy (non-hydrogen) atoms. The van der Waals surface area contributed by atoms with Crippen molar-refractivity contribution in [1.29, 1.82) is 0 Å². The SMILES string of the molecule is C=CCC(S)CC(=O)O. The summed E-state index contributed by atoms with van der Waals surface area (Å²) < 4.78 is 0. The van der Waals surface area contributed by atoms with E-state index in [9.17, 15) is 4.79 Å². The van der Waals surface area contributed by atoms with Gasteiger partial charge in [0.15, 0.2) is 0 Å². The number of aliphatic carboxylic acids is 1. The molecule has 0 heterocycles. The van der Waals surface area contributed by atoms with E-state index < -0.39 is 5.97 Å². The van der Waals surface area contributed by atoms with Crippen LogP contribution < -0.4 is 0 Å². The third-order valence-electron chi connectivity index (χ3n) is 0.849. The predicted molar refractivity (Wildman–Crippen MR) is 39.8 cm³/mol. The molecule has 1 unspecified atom stereocenters. The van der Waals surface area contributed by atoms with Gasteiger partial charge in [-0.25, -0.2) is 0 Å². The molecule has 0 radical (unpaired) electrons. The first-order chi connectivity index (χ1) is 4.16. The van der Waals surface area contributed by atoms with Crippen LogP contribution in [0.2, 0.25) is 0 Å². The van der Waals surface area contributed by atoms with E-state index in [4.69, 9.17) is 5.11 Å². The normalized spacial score (nSPS) is 12.6. The summed E-state index contributed by atoms with van der Waals surface area (Å²) in [6, 6.07) is 0. The molecule has 1 atom stereocenters. The molecule has 1 N–H and O–H groups in total. The molecular formula is C6H10O2S. The topological polar surface area (TPSA) is 37.3 Å². The van der Waals surface area contributed by atoms with Gasteiger partial charge in [0.25, 0.3) is 0 Å². The molecule has 0 saturated heterocycles. The second kappa shape index (κ2) is 4.44. The molecule has 0 rings (SSSR count). The Morgan fingerprint density at radius 2 is 2.44 bits per heavy atom. The lowest BCUT2D eigenvalue weighted by Gasteiger charge is -2.00. The smallest absolute Gasteiger partial charge is 0.304 e.